The first-order valence-electron chi connectivity index (χ1n) is 5.33. The zero-order chi connectivity index (χ0) is 11.6. The average Bonchev–Trinajstić information content (AvgIpc) is 2.43. The summed E-state index contributed by atoms with van der Waals surface area (Å²) in [6.07, 6.45) is 1.22. The summed E-state index contributed by atoms with van der Waals surface area (Å²) < 4.78 is 1.65. The maximum atomic E-state index is 9.93. The number of hydrogen-bond acceptors (Lipinski definition) is 2. The van der Waals surface area contributed by atoms with Crippen molar-refractivity contribution < 1.29 is 5.11 Å². The van der Waals surface area contributed by atoms with Crippen molar-refractivity contribution in [3.8, 4) is 0 Å². The van der Waals surface area contributed by atoms with Gasteiger partial charge in [0.1, 0.15) is 5.15 Å². The normalized spacial score (nSPS) is 15.3. The predicted octanol–water partition coefficient (Wildman–Crippen LogP) is 2.33. The molecule has 4 heteroatoms. The Hall–Kier alpha value is -0.540. The van der Waals surface area contributed by atoms with E-state index < -0.39 is 0 Å². The highest BCUT2D eigenvalue weighted by Crippen LogP contribution is 2.22. The summed E-state index contributed by atoms with van der Waals surface area (Å²) in [5, 5.41) is 14.8. The Labute approximate surface area is 96.1 Å². The molecule has 0 aromatic carbocycles. The van der Waals surface area contributed by atoms with Gasteiger partial charge in [-0.2, -0.15) is 5.10 Å². The largest absolute Gasteiger partial charge is 0.393 e. The van der Waals surface area contributed by atoms with E-state index in [1.165, 1.54) is 0 Å². The molecular formula is C11H19ClN2O. The van der Waals surface area contributed by atoms with Gasteiger partial charge in [0.25, 0.3) is 0 Å². The Bertz CT molecular complexity index is 336. The van der Waals surface area contributed by atoms with E-state index in [2.05, 4.69) is 12.0 Å². The van der Waals surface area contributed by atoms with Crippen molar-refractivity contribution in [1.82, 2.24) is 9.78 Å². The van der Waals surface area contributed by atoms with Crippen molar-refractivity contribution in [2.75, 3.05) is 0 Å². The molecule has 3 nitrogen and oxygen atoms in total. The molecule has 2 atom stereocenters. The lowest BCUT2D eigenvalue weighted by atomic mass is 9.96. The Kier molecular flexibility index (Phi) is 4.17. The predicted molar refractivity (Wildman–Crippen MR) is 62.1 cm³/mol. The molecule has 86 valence electrons. The van der Waals surface area contributed by atoms with E-state index in [-0.39, 0.29) is 6.10 Å². The minimum atomic E-state index is -0.338. The van der Waals surface area contributed by atoms with Crippen LogP contribution in [0.3, 0.4) is 0 Å². The zero-order valence-electron chi connectivity index (χ0n) is 9.79. The first-order valence-corrected chi connectivity index (χ1v) is 5.71. The third-order valence-corrected chi connectivity index (χ3v) is 3.46. The van der Waals surface area contributed by atoms with Crippen LogP contribution >= 0.6 is 11.6 Å². The van der Waals surface area contributed by atoms with Crippen LogP contribution in [0.25, 0.3) is 0 Å². The van der Waals surface area contributed by atoms with E-state index in [1.54, 1.807) is 4.68 Å². The second-order valence-electron chi connectivity index (χ2n) is 4.14. The van der Waals surface area contributed by atoms with Crippen LogP contribution in [0.2, 0.25) is 5.15 Å². The summed E-state index contributed by atoms with van der Waals surface area (Å²) in [7, 11) is 1.81. The molecule has 0 bridgehead atoms. The van der Waals surface area contributed by atoms with Gasteiger partial charge in [-0.05, 0) is 12.8 Å². The molecule has 0 fully saturated rings. The second kappa shape index (κ2) is 4.99. The smallest absolute Gasteiger partial charge is 0.130 e. The monoisotopic (exact) mass is 230 g/mol. The fraction of sp³-hybridized carbons (Fsp3) is 0.727. The van der Waals surface area contributed by atoms with E-state index in [0.717, 1.165) is 17.7 Å². The third kappa shape index (κ3) is 2.73. The van der Waals surface area contributed by atoms with Crippen molar-refractivity contribution in [2.45, 2.75) is 39.7 Å². The number of hydrogen-bond donors (Lipinski definition) is 1. The maximum absolute atomic E-state index is 9.93. The molecule has 0 aliphatic heterocycles. The summed E-state index contributed by atoms with van der Waals surface area (Å²) in [4.78, 5) is 0. The number of rotatable bonds is 4. The molecule has 1 aromatic rings. The highest BCUT2D eigenvalue weighted by atomic mass is 35.5. The van der Waals surface area contributed by atoms with E-state index >= 15 is 0 Å². The van der Waals surface area contributed by atoms with Gasteiger partial charge in [-0.15, -0.1) is 0 Å². The molecule has 0 spiro atoms. The first kappa shape index (κ1) is 12.5. The topological polar surface area (TPSA) is 38.1 Å². The SMILES string of the molecule is CCC(C)C(O)Cc1c(C)nn(C)c1Cl. The molecule has 0 amide bonds. The Morgan fingerprint density at radius 2 is 2.13 bits per heavy atom. The number of aliphatic hydroxyl groups excluding tert-OH is 1. The van der Waals surface area contributed by atoms with Gasteiger partial charge in [-0.1, -0.05) is 31.9 Å². The van der Waals surface area contributed by atoms with Gasteiger partial charge in [0.2, 0.25) is 0 Å². The maximum Gasteiger partial charge on any atom is 0.130 e. The number of aliphatic hydroxyl groups is 1. The van der Waals surface area contributed by atoms with Crippen LogP contribution in [-0.4, -0.2) is 21.0 Å². The molecule has 0 saturated heterocycles. The van der Waals surface area contributed by atoms with Crippen LogP contribution < -0.4 is 0 Å². The van der Waals surface area contributed by atoms with E-state index in [4.69, 9.17) is 11.6 Å². The highest BCUT2D eigenvalue weighted by Gasteiger charge is 2.18. The van der Waals surface area contributed by atoms with Crippen molar-refractivity contribution in [2.24, 2.45) is 13.0 Å². The molecule has 0 aliphatic rings. The average molecular weight is 231 g/mol. The molecule has 0 aliphatic carbocycles. The molecule has 1 N–H and O–H groups in total. The number of nitrogens with zero attached hydrogens (tertiary/aromatic N) is 2. The van der Waals surface area contributed by atoms with Crippen molar-refractivity contribution in [3.05, 3.63) is 16.4 Å². The van der Waals surface area contributed by atoms with E-state index in [9.17, 15) is 5.11 Å². The zero-order valence-corrected chi connectivity index (χ0v) is 10.5. The van der Waals surface area contributed by atoms with Gasteiger partial charge in [-0.25, -0.2) is 0 Å². The van der Waals surface area contributed by atoms with Gasteiger partial charge in [0, 0.05) is 19.0 Å². The molecule has 2 unspecified atom stereocenters. The van der Waals surface area contributed by atoms with Crippen LogP contribution in [0.15, 0.2) is 0 Å². The summed E-state index contributed by atoms with van der Waals surface area (Å²) in [6, 6.07) is 0. The summed E-state index contributed by atoms with van der Waals surface area (Å²) in [6.45, 7) is 6.04. The minimum absolute atomic E-state index is 0.292. The Balaban J connectivity index is 2.80. The molecular weight excluding hydrogens is 212 g/mol. The van der Waals surface area contributed by atoms with Gasteiger partial charge in [0.15, 0.2) is 0 Å². The number of aromatic nitrogens is 2. The lowest BCUT2D eigenvalue weighted by molar-refractivity contribution is 0.114. The third-order valence-electron chi connectivity index (χ3n) is 2.98. The molecule has 1 aromatic heterocycles. The fourth-order valence-corrected chi connectivity index (χ4v) is 1.84. The quantitative estimate of drug-likeness (QED) is 0.862. The van der Waals surface area contributed by atoms with Gasteiger partial charge in [-0.3, -0.25) is 4.68 Å². The highest BCUT2D eigenvalue weighted by molar-refractivity contribution is 6.30. The van der Waals surface area contributed by atoms with Gasteiger partial charge < -0.3 is 5.11 Å². The molecule has 1 heterocycles. The minimum Gasteiger partial charge on any atom is -0.393 e. The standard InChI is InChI=1S/C11H19ClN2O/c1-5-7(2)10(15)6-9-8(3)13-14(4)11(9)12/h7,10,15H,5-6H2,1-4H3. The van der Waals surface area contributed by atoms with Crippen molar-refractivity contribution in [3.63, 3.8) is 0 Å². The number of halogens is 1. The first-order chi connectivity index (χ1) is 6.97. The molecule has 1 rings (SSSR count). The lowest BCUT2D eigenvalue weighted by Crippen LogP contribution is -2.20. The summed E-state index contributed by atoms with van der Waals surface area (Å²) >= 11 is 6.10. The summed E-state index contributed by atoms with van der Waals surface area (Å²) in [5.41, 5.74) is 1.87. The number of aryl methyl sites for hydroxylation is 2. The van der Waals surface area contributed by atoms with Crippen molar-refractivity contribution in [1.29, 1.82) is 0 Å². The van der Waals surface area contributed by atoms with Crippen LogP contribution in [-0.2, 0) is 13.5 Å². The second-order valence-corrected chi connectivity index (χ2v) is 4.49. The molecule has 0 radical (unpaired) electrons. The molecule has 0 saturated carbocycles. The van der Waals surface area contributed by atoms with E-state index in [0.29, 0.717) is 17.5 Å². The Morgan fingerprint density at radius 3 is 2.53 bits per heavy atom. The van der Waals surface area contributed by atoms with Gasteiger partial charge in [0.05, 0.1) is 11.8 Å². The van der Waals surface area contributed by atoms with Crippen molar-refractivity contribution >= 4 is 11.6 Å². The van der Waals surface area contributed by atoms with Gasteiger partial charge >= 0.3 is 0 Å². The van der Waals surface area contributed by atoms with Crippen LogP contribution in [0.5, 0.6) is 0 Å². The van der Waals surface area contributed by atoms with E-state index in [1.807, 2.05) is 20.9 Å². The van der Waals surface area contributed by atoms with Crippen LogP contribution in [0.4, 0.5) is 0 Å². The molecule has 15 heavy (non-hydrogen) atoms. The fourth-order valence-electron chi connectivity index (χ4n) is 1.59. The lowest BCUT2D eigenvalue weighted by Gasteiger charge is -2.16. The summed E-state index contributed by atoms with van der Waals surface area (Å²) in [5.74, 6) is 0.292. The van der Waals surface area contributed by atoms with Crippen LogP contribution in [0.1, 0.15) is 31.5 Å². The van der Waals surface area contributed by atoms with Crippen LogP contribution in [0, 0.1) is 12.8 Å². The Morgan fingerprint density at radius 1 is 1.53 bits per heavy atom.